The van der Waals surface area contributed by atoms with Crippen molar-refractivity contribution >= 4 is 5.84 Å². The number of nitrogens with zero attached hydrogens (tertiary/aromatic N) is 1. The molecule has 0 heterocycles. The smallest absolute Gasteiger partial charge is 0.170 e. The summed E-state index contributed by atoms with van der Waals surface area (Å²) in [6.07, 6.45) is 6.94. The lowest BCUT2D eigenvalue weighted by atomic mass is 10.1. The van der Waals surface area contributed by atoms with Crippen LogP contribution in [0.25, 0.3) is 0 Å². The Hall–Kier alpha value is -1.99. The van der Waals surface area contributed by atoms with Gasteiger partial charge in [-0.1, -0.05) is 29.4 Å². The molecule has 0 spiro atoms. The Morgan fingerprint density at radius 1 is 1.41 bits per heavy atom. The van der Waals surface area contributed by atoms with Crippen LogP contribution in [-0.2, 0) is 6.54 Å². The molecule has 0 aliphatic heterocycles. The third kappa shape index (κ3) is 4.58. The molecule has 17 heavy (non-hydrogen) atoms. The first-order valence-corrected chi connectivity index (χ1v) is 5.49. The number of amidine groups is 1. The lowest BCUT2D eigenvalue weighted by molar-refractivity contribution is 0.318. The van der Waals surface area contributed by atoms with Crippen molar-refractivity contribution in [3.05, 3.63) is 35.4 Å². The Morgan fingerprint density at radius 2 is 2.12 bits per heavy atom. The van der Waals surface area contributed by atoms with E-state index in [0.29, 0.717) is 5.56 Å². The van der Waals surface area contributed by atoms with Gasteiger partial charge in [0.1, 0.15) is 0 Å². The van der Waals surface area contributed by atoms with Gasteiger partial charge in [0.05, 0.1) is 0 Å². The minimum absolute atomic E-state index is 0.124. The maximum Gasteiger partial charge on any atom is 0.170 e. The topological polar surface area (TPSA) is 70.6 Å². The van der Waals surface area contributed by atoms with Crippen LogP contribution in [0.3, 0.4) is 0 Å². The summed E-state index contributed by atoms with van der Waals surface area (Å²) in [6, 6.07) is 7.55. The molecule has 1 rings (SSSR count). The maximum atomic E-state index is 8.52. The molecular weight excluding hydrogens is 214 g/mol. The molecule has 0 fully saturated rings. The van der Waals surface area contributed by atoms with Gasteiger partial charge in [-0.2, -0.15) is 0 Å². The number of nitrogens with two attached hydrogens (primary N) is 1. The quantitative estimate of drug-likeness (QED) is 0.172. The Balaban J connectivity index is 2.39. The molecule has 4 N–H and O–H groups in total. The minimum Gasteiger partial charge on any atom is -0.409 e. The number of benzene rings is 1. The van der Waals surface area contributed by atoms with Crippen molar-refractivity contribution in [3.63, 3.8) is 0 Å². The second kappa shape index (κ2) is 7.31. The van der Waals surface area contributed by atoms with Crippen molar-refractivity contribution in [1.82, 2.24) is 5.32 Å². The van der Waals surface area contributed by atoms with E-state index in [1.807, 2.05) is 24.3 Å². The molecule has 0 radical (unpaired) electrons. The van der Waals surface area contributed by atoms with Gasteiger partial charge < -0.3 is 16.3 Å². The van der Waals surface area contributed by atoms with Gasteiger partial charge in [0.15, 0.2) is 5.84 Å². The van der Waals surface area contributed by atoms with E-state index < -0.39 is 0 Å². The standard InChI is InChI=1S/C13H17N3O/c1-2-3-4-9-15-10-11-5-7-12(8-6-11)13(14)16-17/h1,5-8,15,17H,3-4,9-10H2,(H2,14,16). The number of hydrogen-bond donors (Lipinski definition) is 3. The van der Waals surface area contributed by atoms with Crippen LogP contribution in [0.1, 0.15) is 24.0 Å². The van der Waals surface area contributed by atoms with E-state index in [-0.39, 0.29) is 5.84 Å². The summed E-state index contributed by atoms with van der Waals surface area (Å²) in [6.45, 7) is 1.70. The fourth-order valence-electron chi connectivity index (χ4n) is 1.40. The van der Waals surface area contributed by atoms with Gasteiger partial charge in [-0.25, -0.2) is 0 Å². The maximum absolute atomic E-state index is 8.52. The van der Waals surface area contributed by atoms with Gasteiger partial charge in [-0.3, -0.25) is 0 Å². The molecule has 1 aromatic carbocycles. The van der Waals surface area contributed by atoms with E-state index in [9.17, 15) is 0 Å². The highest BCUT2D eigenvalue weighted by Crippen LogP contribution is 2.04. The van der Waals surface area contributed by atoms with Crippen molar-refractivity contribution in [2.75, 3.05) is 6.54 Å². The summed E-state index contributed by atoms with van der Waals surface area (Å²) in [4.78, 5) is 0. The van der Waals surface area contributed by atoms with E-state index in [1.54, 1.807) is 0 Å². The van der Waals surface area contributed by atoms with E-state index in [0.717, 1.165) is 31.5 Å². The number of rotatable bonds is 6. The zero-order valence-electron chi connectivity index (χ0n) is 9.69. The molecule has 0 aromatic heterocycles. The third-order valence-electron chi connectivity index (χ3n) is 2.36. The van der Waals surface area contributed by atoms with Crippen molar-refractivity contribution in [2.45, 2.75) is 19.4 Å². The molecule has 0 amide bonds. The first-order valence-electron chi connectivity index (χ1n) is 5.49. The van der Waals surface area contributed by atoms with Crippen LogP contribution < -0.4 is 11.1 Å². The van der Waals surface area contributed by atoms with Gasteiger partial charge in [0, 0.05) is 18.5 Å². The molecule has 0 unspecified atom stereocenters. The molecular formula is C13H17N3O. The largest absolute Gasteiger partial charge is 0.409 e. The Labute approximate surface area is 102 Å². The number of hydrogen-bond acceptors (Lipinski definition) is 3. The highest BCUT2D eigenvalue weighted by atomic mass is 16.4. The van der Waals surface area contributed by atoms with Gasteiger partial charge in [-0.15, -0.1) is 12.3 Å². The highest BCUT2D eigenvalue weighted by molar-refractivity contribution is 5.96. The first kappa shape index (κ1) is 13.1. The van der Waals surface area contributed by atoms with Crippen LogP contribution in [0.5, 0.6) is 0 Å². The predicted molar refractivity (Wildman–Crippen MR) is 68.7 cm³/mol. The molecule has 1 aromatic rings. The van der Waals surface area contributed by atoms with E-state index in [4.69, 9.17) is 17.4 Å². The van der Waals surface area contributed by atoms with Crippen LogP contribution in [0.2, 0.25) is 0 Å². The molecule has 0 saturated heterocycles. The van der Waals surface area contributed by atoms with Crippen molar-refractivity contribution in [3.8, 4) is 12.3 Å². The Morgan fingerprint density at radius 3 is 2.71 bits per heavy atom. The van der Waals surface area contributed by atoms with Gasteiger partial charge in [-0.05, 0) is 18.5 Å². The molecule has 0 aliphatic rings. The molecule has 0 atom stereocenters. The predicted octanol–water partition coefficient (Wildman–Crippen LogP) is 1.28. The van der Waals surface area contributed by atoms with Crippen LogP contribution >= 0.6 is 0 Å². The first-order chi connectivity index (χ1) is 8.27. The average Bonchev–Trinajstić information content (AvgIpc) is 2.38. The fourth-order valence-corrected chi connectivity index (χ4v) is 1.40. The molecule has 0 saturated carbocycles. The summed E-state index contributed by atoms with van der Waals surface area (Å²) in [5.41, 5.74) is 7.33. The van der Waals surface area contributed by atoms with Crippen molar-refractivity contribution in [1.29, 1.82) is 0 Å². The number of unbranched alkanes of at least 4 members (excludes halogenated alkanes) is 1. The number of nitrogens with one attached hydrogen (secondary N) is 1. The van der Waals surface area contributed by atoms with Gasteiger partial charge in [0.2, 0.25) is 0 Å². The summed E-state index contributed by atoms with van der Waals surface area (Å²) in [5, 5.41) is 14.8. The zero-order valence-corrected chi connectivity index (χ0v) is 9.69. The summed E-state index contributed by atoms with van der Waals surface area (Å²) in [5.74, 6) is 2.73. The number of oxime groups is 1. The monoisotopic (exact) mass is 231 g/mol. The van der Waals surface area contributed by atoms with Crippen LogP contribution in [0.4, 0.5) is 0 Å². The van der Waals surface area contributed by atoms with Crippen molar-refractivity contribution < 1.29 is 5.21 Å². The highest BCUT2D eigenvalue weighted by Gasteiger charge is 1.98. The molecule has 4 heteroatoms. The molecule has 0 aliphatic carbocycles. The van der Waals surface area contributed by atoms with Gasteiger partial charge in [0.25, 0.3) is 0 Å². The Kier molecular flexibility index (Phi) is 5.62. The second-order valence-electron chi connectivity index (χ2n) is 3.67. The third-order valence-corrected chi connectivity index (χ3v) is 2.36. The summed E-state index contributed by atoms with van der Waals surface area (Å²) < 4.78 is 0. The molecule has 4 nitrogen and oxygen atoms in total. The minimum atomic E-state index is 0.124. The van der Waals surface area contributed by atoms with Crippen LogP contribution in [0, 0.1) is 12.3 Å². The summed E-state index contributed by atoms with van der Waals surface area (Å²) >= 11 is 0. The fraction of sp³-hybridized carbons (Fsp3) is 0.308. The zero-order chi connectivity index (χ0) is 12.5. The average molecular weight is 231 g/mol. The van der Waals surface area contributed by atoms with Crippen LogP contribution in [-0.4, -0.2) is 17.6 Å². The second-order valence-corrected chi connectivity index (χ2v) is 3.67. The van der Waals surface area contributed by atoms with E-state index in [2.05, 4.69) is 16.4 Å². The van der Waals surface area contributed by atoms with Gasteiger partial charge >= 0.3 is 0 Å². The van der Waals surface area contributed by atoms with E-state index >= 15 is 0 Å². The SMILES string of the molecule is C#CCCCNCc1ccc(/C(N)=N\O)cc1. The summed E-state index contributed by atoms with van der Waals surface area (Å²) in [7, 11) is 0. The lowest BCUT2D eigenvalue weighted by Crippen LogP contribution is -2.15. The lowest BCUT2D eigenvalue weighted by Gasteiger charge is -2.05. The van der Waals surface area contributed by atoms with Crippen LogP contribution in [0.15, 0.2) is 29.4 Å². The molecule has 90 valence electrons. The number of terminal acetylenes is 1. The van der Waals surface area contributed by atoms with E-state index in [1.165, 1.54) is 0 Å². The Bertz CT molecular complexity index is 404. The molecule has 0 bridgehead atoms. The van der Waals surface area contributed by atoms with Crippen molar-refractivity contribution in [2.24, 2.45) is 10.9 Å². The normalized spacial score (nSPS) is 11.1.